The van der Waals surface area contributed by atoms with Crippen LogP contribution in [0.15, 0.2) is 0 Å². The molecule has 0 bridgehead atoms. The van der Waals surface area contributed by atoms with Crippen molar-refractivity contribution < 1.29 is 5.11 Å². The van der Waals surface area contributed by atoms with Crippen molar-refractivity contribution in [3.05, 3.63) is 0 Å². The third-order valence-corrected chi connectivity index (χ3v) is 8.80. The number of hydrogen-bond acceptors (Lipinski definition) is 2. The number of fused-ring (bicyclic) bond motifs is 5. The molecule has 132 valence electrons. The van der Waals surface area contributed by atoms with Crippen molar-refractivity contribution in [2.75, 3.05) is 0 Å². The van der Waals surface area contributed by atoms with Gasteiger partial charge in [-0.25, -0.2) is 0 Å². The number of nitrogens with two attached hydrogens (primary N) is 1. The van der Waals surface area contributed by atoms with Gasteiger partial charge in [0.2, 0.25) is 0 Å². The highest BCUT2D eigenvalue weighted by Crippen LogP contribution is 2.61. The zero-order chi connectivity index (χ0) is 16.2. The molecule has 23 heavy (non-hydrogen) atoms. The zero-order valence-electron chi connectivity index (χ0n) is 15.3. The van der Waals surface area contributed by atoms with Crippen LogP contribution in [0.1, 0.15) is 84.5 Å². The number of aliphatic hydroxyl groups is 1. The van der Waals surface area contributed by atoms with E-state index in [0.29, 0.717) is 11.5 Å². The van der Waals surface area contributed by atoms with Crippen LogP contribution in [0.25, 0.3) is 0 Å². The molecule has 0 unspecified atom stereocenters. The summed E-state index contributed by atoms with van der Waals surface area (Å²) in [6.45, 7) is 4.60. The average Bonchev–Trinajstić information content (AvgIpc) is 2.65. The van der Waals surface area contributed by atoms with E-state index in [-0.39, 0.29) is 5.60 Å². The Labute approximate surface area is 142 Å². The maximum atomic E-state index is 10.5. The second-order valence-electron chi connectivity index (χ2n) is 10.1. The lowest BCUT2D eigenvalue weighted by Crippen LogP contribution is -2.54. The summed E-state index contributed by atoms with van der Waals surface area (Å²) >= 11 is 0. The van der Waals surface area contributed by atoms with Crippen LogP contribution in [-0.4, -0.2) is 16.7 Å². The first kappa shape index (κ1) is 16.4. The minimum Gasteiger partial charge on any atom is -0.390 e. The topological polar surface area (TPSA) is 46.2 Å². The SMILES string of the molecule is C[C@@]1(O)CC[C@H]2[C@H](CC[C@@H]3[C@@H]2CC[C@]2(C)[C@H](N)CCCC[C@@H]32)C1. The van der Waals surface area contributed by atoms with Crippen molar-refractivity contribution in [3.63, 3.8) is 0 Å². The molecule has 2 heteroatoms. The lowest BCUT2D eigenvalue weighted by Gasteiger charge is -2.58. The van der Waals surface area contributed by atoms with Gasteiger partial charge in [-0.1, -0.05) is 19.8 Å². The van der Waals surface area contributed by atoms with Gasteiger partial charge in [-0.2, -0.15) is 0 Å². The molecular formula is C21H37NO. The lowest BCUT2D eigenvalue weighted by atomic mass is 9.48. The van der Waals surface area contributed by atoms with E-state index in [1.54, 1.807) is 0 Å². The Hall–Kier alpha value is -0.0800. The van der Waals surface area contributed by atoms with Crippen LogP contribution in [0.3, 0.4) is 0 Å². The molecule has 3 N–H and O–H groups in total. The molecule has 4 fully saturated rings. The minimum absolute atomic E-state index is 0.387. The monoisotopic (exact) mass is 319 g/mol. The van der Waals surface area contributed by atoms with Gasteiger partial charge in [0.05, 0.1) is 5.60 Å². The highest BCUT2D eigenvalue weighted by atomic mass is 16.3. The molecule has 0 spiro atoms. The molecule has 4 aliphatic carbocycles. The third-order valence-electron chi connectivity index (χ3n) is 8.80. The van der Waals surface area contributed by atoms with Crippen molar-refractivity contribution in [3.8, 4) is 0 Å². The van der Waals surface area contributed by atoms with Gasteiger partial charge in [0.15, 0.2) is 0 Å². The van der Waals surface area contributed by atoms with E-state index in [1.807, 2.05) is 0 Å². The van der Waals surface area contributed by atoms with Gasteiger partial charge in [0, 0.05) is 6.04 Å². The quantitative estimate of drug-likeness (QED) is 0.690. The molecule has 0 saturated heterocycles. The minimum atomic E-state index is -0.387. The second-order valence-corrected chi connectivity index (χ2v) is 10.1. The highest BCUT2D eigenvalue weighted by Gasteiger charge is 2.54. The molecule has 2 nitrogen and oxygen atoms in total. The predicted molar refractivity (Wildman–Crippen MR) is 94.9 cm³/mol. The average molecular weight is 320 g/mol. The smallest absolute Gasteiger partial charge is 0.0622 e. The Morgan fingerprint density at radius 2 is 1.57 bits per heavy atom. The van der Waals surface area contributed by atoms with E-state index in [2.05, 4.69) is 13.8 Å². The summed E-state index contributed by atoms with van der Waals surface area (Å²) in [5.41, 5.74) is 6.70. The van der Waals surface area contributed by atoms with Crippen LogP contribution < -0.4 is 5.73 Å². The molecule has 0 aromatic rings. The van der Waals surface area contributed by atoms with Gasteiger partial charge >= 0.3 is 0 Å². The van der Waals surface area contributed by atoms with Crippen molar-refractivity contribution in [2.24, 2.45) is 40.7 Å². The summed E-state index contributed by atoms with van der Waals surface area (Å²) < 4.78 is 0. The van der Waals surface area contributed by atoms with E-state index in [9.17, 15) is 5.11 Å². The van der Waals surface area contributed by atoms with E-state index in [4.69, 9.17) is 5.73 Å². The van der Waals surface area contributed by atoms with Crippen molar-refractivity contribution >= 4 is 0 Å². The Morgan fingerprint density at radius 1 is 0.826 bits per heavy atom. The first-order chi connectivity index (χ1) is 10.9. The second kappa shape index (κ2) is 5.73. The van der Waals surface area contributed by atoms with E-state index >= 15 is 0 Å². The Balaban J connectivity index is 1.57. The lowest BCUT2D eigenvalue weighted by molar-refractivity contribution is -0.105. The van der Waals surface area contributed by atoms with Crippen molar-refractivity contribution in [2.45, 2.75) is 96.1 Å². The first-order valence-electron chi connectivity index (χ1n) is 10.4. The van der Waals surface area contributed by atoms with Gasteiger partial charge in [0.25, 0.3) is 0 Å². The van der Waals surface area contributed by atoms with Gasteiger partial charge in [-0.3, -0.25) is 0 Å². The van der Waals surface area contributed by atoms with Crippen molar-refractivity contribution in [1.82, 2.24) is 0 Å². The first-order valence-corrected chi connectivity index (χ1v) is 10.4. The highest BCUT2D eigenvalue weighted by molar-refractivity contribution is 5.05. The molecule has 0 aromatic heterocycles. The maximum Gasteiger partial charge on any atom is 0.0622 e. The van der Waals surface area contributed by atoms with Crippen LogP contribution in [0.2, 0.25) is 0 Å². The standard InChI is InChI=1S/C21H37NO/c1-20(23)11-9-15-14(13-20)7-8-17-16(15)10-12-21(2)18(17)5-3-4-6-19(21)22/h14-19,23H,3-13,22H2,1-2H3/t14-,15+,16-,17-,18+,19-,20-,21+/m1/s1. The summed E-state index contributed by atoms with van der Waals surface area (Å²) in [6.07, 6.45) is 14.3. The van der Waals surface area contributed by atoms with Gasteiger partial charge in [0.1, 0.15) is 0 Å². The molecule has 0 aromatic carbocycles. The summed E-state index contributed by atoms with van der Waals surface area (Å²) in [5, 5.41) is 10.5. The van der Waals surface area contributed by atoms with Crippen molar-refractivity contribution in [1.29, 1.82) is 0 Å². The summed E-state index contributed by atoms with van der Waals surface area (Å²) in [5.74, 6) is 4.44. The molecule has 8 atom stereocenters. The summed E-state index contributed by atoms with van der Waals surface area (Å²) in [7, 11) is 0. The van der Waals surface area contributed by atoms with Gasteiger partial charge in [-0.05, 0) is 99.7 Å². The van der Waals surface area contributed by atoms with Crippen LogP contribution >= 0.6 is 0 Å². The van der Waals surface area contributed by atoms with Gasteiger partial charge < -0.3 is 10.8 Å². The van der Waals surface area contributed by atoms with Crippen LogP contribution in [-0.2, 0) is 0 Å². The Kier molecular flexibility index (Phi) is 4.08. The summed E-state index contributed by atoms with van der Waals surface area (Å²) in [6, 6.07) is 0.431. The fraction of sp³-hybridized carbons (Fsp3) is 1.00. The van der Waals surface area contributed by atoms with Crippen LogP contribution in [0, 0.1) is 35.0 Å². The summed E-state index contributed by atoms with van der Waals surface area (Å²) in [4.78, 5) is 0. The molecular weight excluding hydrogens is 282 g/mol. The zero-order valence-corrected chi connectivity index (χ0v) is 15.3. The Bertz CT molecular complexity index is 447. The van der Waals surface area contributed by atoms with Crippen LogP contribution in [0.4, 0.5) is 0 Å². The largest absolute Gasteiger partial charge is 0.390 e. The van der Waals surface area contributed by atoms with Crippen LogP contribution in [0.5, 0.6) is 0 Å². The van der Waals surface area contributed by atoms with E-state index in [1.165, 1.54) is 57.8 Å². The number of rotatable bonds is 0. The third kappa shape index (κ3) is 2.68. The predicted octanol–water partition coefficient (Wildman–Crippen LogP) is 4.50. The molecule has 4 saturated carbocycles. The normalized spacial score (nSPS) is 56.9. The van der Waals surface area contributed by atoms with Gasteiger partial charge in [-0.15, -0.1) is 0 Å². The molecule has 4 rings (SSSR count). The molecule has 4 aliphatic rings. The fourth-order valence-electron chi connectivity index (χ4n) is 7.49. The molecule has 0 aliphatic heterocycles. The molecule has 0 radical (unpaired) electrons. The van der Waals surface area contributed by atoms with E-state index < -0.39 is 0 Å². The maximum absolute atomic E-state index is 10.5. The molecule has 0 amide bonds. The van der Waals surface area contributed by atoms with E-state index in [0.717, 1.165) is 42.4 Å². The molecule has 0 heterocycles. The fourth-order valence-corrected chi connectivity index (χ4v) is 7.49. The number of hydrogen-bond donors (Lipinski definition) is 2. The Morgan fingerprint density at radius 3 is 2.39 bits per heavy atom.